The summed E-state index contributed by atoms with van der Waals surface area (Å²) < 4.78 is 0. The van der Waals surface area contributed by atoms with Gasteiger partial charge in [0.25, 0.3) is 0 Å². The normalized spacial score (nSPS) is 18.3. The molecule has 2 aliphatic rings. The molecule has 0 radical (unpaired) electrons. The van der Waals surface area contributed by atoms with Crippen LogP contribution in [-0.2, 0) is 0 Å². The van der Waals surface area contributed by atoms with Gasteiger partial charge in [0.05, 0.1) is 24.7 Å². The summed E-state index contributed by atoms with van der Waals surface area (Å²) in [5.74, 6) is 25.2. The van der Waals surface area contributed by atoms with Crippen LogP contribution in [0.25, 0.3) is 0 Å². The number of hydrogen-bond donors (Lipinski definition) is 0. The minimum Gasteiger partial charge on any atom is -0.0889 e. The Kier molecular flexibility index (Phi) is 2.46. The molecule has 0 fully saturated rings. The highest BCUT2D eigenvalue weighted by Crippen LogP contribution is 2.35. The molecule has 0 aromatic rings. The molecule has 15 heavy (non-hydrogen) atoms. The third-order valence-electron chi connectivity index (χ3n) is 2.83. The Balaban J connectivity index is 2.25. The molecule has 0 saturated heterocycles. The molecule has 2 aliphatic carbocycles. The molecule has 0 spiro atoms. The van der Waals surface area contributed by atoms with E-state index in [9.17, 15) is 0 Å². The van der Waals surface area contributed by atoms with Crippen LogP contribution < -0.4 is 0 Å². The van der Waals surface area contributed by atoms with Crippen LogP contribution in [0.1, 0.15) is 26.7 Å². The first-order valence-electron chi connectivity index (χ1n) is 5.15. The van der Waals surface area contributed by atoms with E-state index >= 15 is 0 Å². The lowest BCUT2D eigenvalue weighted by molar-refractivity contribution is 0.276. The summed E-state index contributed by atoms with van der Waals surface area (Å²) in [4.78, 5) is 0. The summed E-state index contributed by atoms with van der Waals surface area (Å²) in [6.07, 6.45) is 1.41. The van der Waals surface area contributed by atoms with E-state index in [1.807, 2.05) is 0 Å². The summed E-state index contributed by atoms with van der Waals surface area (Å²) in [6.45, 7) is 4.32. The first-order valence-corrected chi connectivity index (χ1v) is 5.15. The average Bonchev–Trinajstić information content (AvgIpc) is 2.31. The Morgan fingerprint density at radius 1 is 0.733 bits per heavy atom. The van der Waals surface area contributed by atoms with Crippen molar-refractivity contribution in [1.82, 2.24) is 0 Å². The summed E-state index contributed by atoms with van der Waals surface area (Å²) in [7, 11) is 0. The molecule has 0 heteroatoms. The zero-order valence-corrected chi connectivity index (χ0v) is 9.07. The Labute approximate surface area is 91.8 Å². The fourth-order valence-corrected chi connectivity index (χ4v) is 1.68. The zero-order chi connectivity index (χ0) is 10.7. The van der Waals surface area contributed by atoms with Crippen LogP contribution in [0.5, 0.6) is 0 Å². The summed E-state index contributed by atoms with van der Waals surface area (Å²) >= 11 is 0. The summed E-state index contributed by atoms with van der Waals surface area (Å²) in [5.41, 5.74) is -0.0547. The van der Waals surface area contributed by atoms with Gasteiger partial charge in [0.1, 0.15) is 0 Å². The molecule has 0 unspecified atom stereocenters. The van der Waals surface area contributed by atoms with Gasteiger partial charge in [-0.2, -0.15) is 0 Å². The van der Waals surface area contributed by atoms with Crippen molar-refractivity contribution in [3.05, 3.63) is 0 Å². The Morgan fingerprint density at radius 3 is 1.40 bits per heavy atom. The predicted octanol–water partition coefficient (Wildman–Crippen LogP) is 2.07. The molecule has 0 bridgehead atoms. The monoisotopic (exact) mass is 192 g/mol. The minimum atomic E-state index is -0.0547. The molecule has 0 amide bonds. The molecule has 0 saturated carbocycles. The second-order valence-corrected chi connectivity index (χ2v) is 4.33. The van der Waals surface area contributed by atoms with E-state index in [1.54, 1.807) is 0 Å². The fourth-order valence-electron chi connectivity index (χ4n) is 1.68. The van der Waals surface area contributed by atoms with Crippen molar-refractivity contribution >= 4 is 0 Å². The van der Waals surface area contributed by atoms with Crippen molar-refractivity contribution in [2.24, 2.45) is 17.3 Å². The first kappa shape index (κ1) is 9.78. The second kappa shape index (κ2) is 3.77. The standard InChI is InChI=1S/C15H12/c1-15(2,13-9-5-3-6-10-13)14-11-7-4-8-12-14/h13-14H,3-4H2,1-2H3. The van der Waals surface area contributed by atoms with Gasteiger partial charge in [0, 0.05) is 5.41 Å². The topological polar surface area (TPSA) is 0 Å². The molecule has 0 aromatic carbocycles. The smallest absolute Gasteiger partial charge is 0.0884 e. The summed E-state index contributed by atoms with van der Waals surface area (Å²) in [5, 5.41) is 0. The van der Waals surface area contributed by atoms with Gasteiger partial charge in [-0.3, -0.25) is 0 Å². The lowest BCUT2D eigenvalue weighted by Crippen LogP contribution is -2.30. The Bertz CT molecular complexity index is 415. The molecule has 2 rings (SSSR count). The van der Waals surface area contributed by atoms with Gasteiger partial charge in [-0.05, 0) is 0 Å². The maximum atomic E-state index is 3.20. The van der Waals surface area contributed by atoms with E-state index in [0.717, 1.165) is 0 Å². The average molecular weight is 192 g/mol. The number of hydrogen-bond acceptors (Lipinski definition) is 0. The van der Waals surface area contributed by atoms with E-state index in [0.29, 0.717) is 12.8 Å². The lowest BCUT2D eigenvalue weighted by Gasteiger charge is -2.31. The van der Waals surface area contributed by atoms with Crippen molar-refractivity contribution in [1.29, 1.82) is 0 Å². The highest BCUT2D eigenvalue weighted by molar-refractivity contribution is 5.35. The molecular formula is C15H12. The van der Waals surface area contributed by atoms with Crippen LogP contribution in [0.15, 0.2) is 0 Å². The lowest BCUT2D eigenvalue weighted by atomic mass is 9.69. The molecule has 0 atom stereocenters. The van der Waals surface area contributed by atoms with Crippen LogP contribution >= 0.6 is 0 Å². The van der Waals surface area contributed by atoms with Gasteiger partial charge in [0.2, 0.25) is 0 Å². The minimum absolute atomic E-state index is 0.0547. The molecular weight excluding hydrogens is 180 g/mol. The van der Waals surface area contributed by atoms with Crippen molar-refractivity contribution in [2.45, 2.75) is 26.7 Å². The molecule has 0 N–H and O–H groups in total. The van der Waals surface area contributed by atoms with Gasteiger partial charge in [-0.15, -0.1) is 0 Å². The highest BCUT2D eigenvalue weighted by Gasteiger charge is 2.34. The SMILES string of the molecule is CC(C)(C1C#CCC#C1)C1C#CCC#C1. The third-order valence-corrected chi connectivity index (χ3v) is 2.83. The molecule has 72 valence electrons. The predicted molar refractivity (Wildman–Crippen MR) is 61.1 cm³/mol. The highest BCUT2D eigenvalue weighted by atomic mass is 14.3. The van der Waals surface area contributed by atoms with Crippen molar-refractivity contribution in [2.75, 3.05) is 0 Å². The Hall–Kier alpha value is -1.76. The van der Waals surface area contributed by atoms with E-state index in [2.05, 4.69) is 61.2 Å². The van der Waals surface area contributed by atoms with Gasteiger partial charge in [-0.1, -0.05) is 61.2 Å². The molecule has 0 heterocycles. The zero-order valence-electron chi connectivity index (χ0n) is 9.07. The summed E-state index contributed by atoms with van der Waals surface area (Å²) in [6, 6.07) is 0. The van der Waals surface area contributed by atoms with E-state index in [-0.39, 0.29) is 17.3 Å². The van der Waals surface area contributed by atoms with E-state index < -0.39 is 0 Å². The van der Waals surface area contributed by atoms with Crippen molar-refractivity contribution in [3.8, 4) is 47.4 Å². The van der Waals surface area contributed by atoms with Crippen LogP contribution in [0.2, 0.25) is 0 Å². The van der Waals surface area contributed by atoms with Crippen LogP contribution in [0, 0.1) is 64.6 Å². The third kappa shape index (κ3) is 1.86. The van der Waals surface area contributed by atoms with Crippen LogP contribution in [0.4, 0.5) is 0 Å². The van der Waals surface area contributed by atoms with Crippen molar-refractivity contribution < 1.29 is 0 Å². The largest absolute Gasteiger partial charge is 0.0889 e. The number of rotatable bonds is 2. The van der Waals surface area contributed by atoms with Gasteiger partial charge in [0.15, 0.2) is 0 Å². The van der Waals surface area contributed by atoms with Crippen molar-refractivity contribution in [3.63, 3.8) is 0 Å². The van der Waals surface area contributed by atoms with E-state index in [1.165, 1.54) is 0 Å². The van der Waals surface area contributed by atoms with Gasteiger partial charge in [-0.25, -0.2) is 0 Å². The van der Waals surface area contributed by atoms with Crippen LogP contribution in [0.3, 0.4) is 0 Å². The fraction of sp³-hybridized carbons (Fsp3) is 0.467. The Morgan fingerprint density at radius 2 is 1.07 bits per heavy atom. The molecule has 0 nitrogen and oxygen atoms in total. The maximum Gasteiger partial charge on any atom is 0.0884 e. The van der Waals surface area contributed by atoms with Crippen LogP contribution in [-0.4, -0.2) is 0 Å². The first-order chi connectivity index (χ1) is 7.21. The molecule has 0 aromatic heterocycles. The van der Waals surface area contributed by atoms with Gasteiger partial charge < -0.3 is 0 Å². The van der Waals surface area contributed by atoms with Gasteiger partial charge >= 0.3 is 0 Å². The van der Waals surface area contributed by atoms with E-state index in [4.69, 9.17) is 0 Å². The maximum absolute atomic E-state index is 3.20. The molecule has 0 aliphatic heterocycles. The quantitative estimate of drug-likeness (QED) is 0.587. The second-order valence-electron chi connectivity index (χ2n) is 4.33.